The molecule has 2 saturated heterocycles. The van der Waals surface area contributed by atoms with Crippen LogP contribution in [0.1, 0.15) is 31.5 Å². The standard InChI is InChI=1S/C15H24N8O7S/c16-6-2-1-3-13-18-19-20-22(13)9-11(24)7-17-14(25)12-5-4-10-8-21(12)15(26)23(10)30-31(27,28)29/h10,12H,1-9,16H2,(H,17,25)(H,27,28,29)/t10-,12+/m1/s1. The number of hydrogen-bond donors (Lipinski definition) is 3. The van der Waals surface area contributed by atoms with Crippen molar-refractivity contribution < 1.29 is 31.6 Å². The quantitative estimate of drug-likeness (QED) is 0.235. The topological polar surface area (TPSA) is 203 Å². The Kier molecular flexibility index (Phi) is 7.14. The molecule has 0 saturated carbocycles. The summed E-state index contributed by atoms with van der Waals surface area (Å²) in [5.74, 6) is -0.333. The minimum absolute atomic E-state index is 0.0666. The number of unbranched alkanes of at least 4 members (excludes halogenated alkanes) is 1. The molecule has 0 unspecified atom stereocenters. The molecular formula is C15H24N8O7S. The molecule has 3 rings (SSSR count). The number of aromatic nitrogens is 4. The molecule has 4 N–H and O–H groups in total. The van der Waals surface area contributed by atoms with Gasteiger partial charge in [0.25, 0.3) is 0 Å². The zero-order chi connectivity index (χ0) is 22.6. The summed E-state index contributed by atoms with van der Waals surface area (Å²) >= 11 is 0. The lowest BCUT2D eigenvalue weighted by Gasteiger charge is -2.29. The van der Waals surface area contributed by atoms with Crippen LogP contribution in [-0.2, 0) is 37.2 Å². The number of aryl methyl sites for hydroxylation is 1. The maximum atomic E-state index is 12.5. The summed E-state index contributed by atoms with van der Waals surface area (Å²) in [5, 5.41) is 14.3. The average Bonchev–Trinajstić information content (AvgIpc) is 3.24. The average molecular weight is 460 g/mol. The van der Waals surface area contributed by atoms with E-state index in [4.69, 9.17) is 10.3 Å². The predicted octanol–water partition coefficient (Wildman–Crippen LogP) is -2.36. The van der Waals surface area contributed by atoms with E-state index in [1.165, 1.54) is 4.68 Å². The normalized spacial score (nSPS) is 20.9. The van der Waals surface area contributed by atoms with Crippen LogP contribution in [0.5, 0.6) is 0 Å². The highest BCUT2D eigenvalue weighted by atomic mass is 32.3. The smallest absolute Gasteiger partial charge is 0.347 e. The summed E-state index contributed by atoms with van der Waals surface area (Å²) in [4.78, 5) is 38.3. The highest BCUT2D eigenvalue weighted by molar-refractivity contribution is 7.80. The SMILES string of the molecule is NCCCCc1nnnn1CC(=O)CNC(=O)[C@@H]1CC[C@@H]2CN1C(=O)N2OS(=O)(=O)O. The zero-order valence-electron chi connectivity index (χ0n) is 16.6. The van der Waals surface area contributed by atoms with Gasteiger partial charge in [0, 0.05) is 13.0 Å². The number of nitrogens with two attached hydrogens (primary N) is 1. The minimum Gasteiger partial charge on any atom is -0.347 e. The fraction of sp³-hybridized carbons (Fsp3) is 0.733. The van der Waals surface area contributed by atoms with Crippen LogP contribution < -0.4 is 11.1 Å². The second kappa shape index (κ2) is 9.63. The molecule has 2 aliphatic heterocycles. The third-order valence-corrected chi connectivity index (χ3v) is 5.40. The van der Waals surface area contributed by atoms with Crippen molar-refractivity contribution in [1.82, 2.24) is 35.5 Å². The predicted molar refractivity (Wildman–Crippen MR) is 101 cm³/mol. The van der Waals surface area contributed by atoms with E-state index in [1.54, 1.807) is 0 Å². The number of nitrogens with one attached hydrogen (secondary N) is 1. The Balaban J connectivity index is 1.51. The summed E-state index contributed by atoms with van der Waals surface area (Å²) in [5.41, 5.74) is 5.46. The lowest BCUT2D eigenvalue weighted by molar-refractivity contribution is -0.129. The van der Waals surface area contributed by atoms with Gasteiger partial charge in [-0.2, -0.15) is 13.5 Å². The maximum absolute atomic E-state index is 12.5. The molecule has 0 radical (unpaired) electrons. The van der Waals surface area contributed by atoms with Crippen LogP contribution in [0, 0.1) is 0 Å². The highest BCUT2D eigenvalue weighted by Crippen LogP contribution is 2.30. The van der Waals surface area contributed by atoms with E-state index in [2.05, 4.69) is 25.1 Å². The fourth-order valence-corrected chi connectivity index (χ4v) is 3.97. The molecule has 3 amide bonds. The van der Waals surface area contributed by atoms with Crippen LogP contribution in [0.3, 0.4) is 0 Å². The third kappa shape index (κ3) is 5.72. The Bertz CT molecular complexity index is 936. The summed E-state index contributed by atoms with van der Waals surface area (Å²) < 4.78 is 36.3. The number of ketones is 1. The van der Waals surface area contributed by atoms with Crippen LogP contribution in [0.2, 0.25) is 0 Å². The molecule has 2 aliphatic rings. The van der Waals surface area contributed by atoms with Gasteiger partial charge in [0.15, 0.2) is 11.6 Å². The molecule has 3 heterocycles. The van der Waals surface area contributed by atoms with Crippen LogP contribution in [0.25, 0.3) is 0 Å². The number of amides is 3. The molecule has 2 atom stereocenters. The number of fused-ring (bicyclic) bond motifs is 2. The highest BCUT2D eigenvalue weighted by Gasteiger charge is 2.49. The van der Waals surface area contributed by atoms with E-state index in [-0.39, 0.29) is 31.8 Å². The molecule has 16 heteroatoms. The summed E-state index contributed by atoms with van der Waals surface area (Å²) in [6, 6.07) is -2.33. The molecule has 172 valence electrons. The molecule has 31 heavy (non-hydrogen) atoms. The first-order valence-electron chi connectivity index (χ1n) is 9.71. The monoisotopic (exact) mass is 460 g/mol. The van der Waals surface area contributed by atoms with Crippen LogP contribution >= 0.6 is 0 Å². The Labute approximate surface area is 177 Å². The Morgan fingerprint density at radius 3 is 2.77 bits per heavy atom. The Morgan fingerprint density at radius 2 is 2.06 bits per heavy atom. The zero-order valence-corrected chi connectivity index (χ0v) is 17.4. The van der Waals surface area contributed by atoms with E-state index >= 15 is 0 Å². The van der Waals surface area contributed by atoms with E-state index in [0.717, 1.165) is 17.7 Å². The van der Waals surface area contributed by atoms with Crippen LogP contribution in [-0.4, -0.2) is 92.6 Å². The number of carbonyl (C=O) groups is 3. The van der Waals surface area contributed by atoms with Crippen molar-refractivity contribution in [1.29, 1.82) is 0 Å². The number of hydroxylamine groups is 2. The molecule has 2 fully saturated rings. The van der Waals surface area contributed by atoms with Crippen molar-refractivity contribution >= 4 is 28.1 Å². The Morgan fingerprint density at radius 1 is 1.29 bits per heavy atom. The second-order valence-corrected chi connectivity index (χ2v) is 8.27. The number of hydrogen-bond acceptors (Lipinski definition) is 10. The number of carbonyl (C=O) groups excluding carboxylic acids is 3. The number of piperidine rings is 1. The molecule has 1 aromatic rings. The molecule has 15 nitrogen and oxygen atoms in total. The lowest BCUT2D eigenvalue weighted by Crippen LogP contribution is -2.50. The lowest BCUT2D eigenvalue weighted by atomic mass is 10.0. The van der Waals surface area contributed by atoms with Gasteiger partial charge >= 0.3 is 16.4 Å². The van der Waals surface area contributed by atoms with Gasteiger partial charge in [-0.1, -0.05) is 0 Å². The first-order valence-corrected chi connectivity index (χ1v) is 11.1. The first-order chi connectivity index (χ1) is 14.7. The number of Topliss-reactive ketones (excluding diaryl/α,β-unsaturated/α-hetero) is 1. The third-order valence-electron chi connectivity index (χ3n) is 5.05. The number of tetrazole rings is 1. The van der Waals surface area contributed by atoms with Crippen molar-refractivity contribution in [3.8, 4) is 0 Å². The molecule has 0 spiro atoms. The largest absolute Gasteiger partial charge is 0.418 e. The van der Waals surface area contributed by atoms with E-state index < -0.39 is 34.4 Å². The van der Waals surface area contributed by atoms with Crippen molar-refractivity contribution in [2.45, 2.75) is 50.7 Å². The van der Waals surface area contributed by atoms with Crippen LogP contribution in [0.4, 0.5) is 4.79 Å². The van der Waals surface area contributed by atoms with Crippen molar-refractivity contribution in [2.75, 3.05) is 19.6 Å². The number of urea groups is 1. The number of nitrogens with zero attached hydrogens (tertiary/aromatic N) is 6. The van der Waals surface area contributed by atoms with Gasteiger partial charge in [-0.15, -0.1) is 9.38 Å². The van der Waals surface area contributed by atoms with Crippen LogP contribution in [0.15, 0.2) is 0 Å². The van der Waals surface area contributed by atoms with Gasteiger partial charge in [-0.25, -0.2) is 9.48 Å². The van der Waals surface area contributed by atoms with Gasteiger partial charge in [-0.05, 0) is 42.7 Å². The van der Waals surface area contributed by atoms with Gasteiger partial charge in [0.2, 0.25) is 5.91 Å². The van der Waals surface area contributed by atoms with E-state index in [9.17, 15) is 22.8 Å². The summed E-state index contributed by atoms with van der Waals surface area (Å²) in [6.45, 7) is 0.218. The minimum atomic E-state index is -4.87. The maximum Gasteiger partial charge on any atom is 0.418 e. The molecule has 1 aromatic heterocycles. The summed E-state index contributed by atoms with van der Waals surface area (Å²) in [7, 11) is -4.87. The van der Waals surface area contributed by atoms with Crippen molar-refractivity contribution in [2.24, 2.45) is 5.73 Å². The van der Waals surface area contributed by atoms with Crippen molar-refractivity contribution in [3.63, 3.8) is 0 Å². The van der Waals surface area contributed by atoms with E-state index in [1.807, 2.05) is 0 Å². The van der Waals surface area contributed by atoms with Gasteiger partial charge in [0.05, 0.1) is 12.6 Å². The fourth-order valence-electron chi connectivity index (χ4n) is 3.58. The summed E-state index contributed by atoms with van der Waals surface area (Å²) in [6.07, 6.45) is 2.71. The van der Waals surface area contributed by atoms with Crippen molar-refractivity contribution in [3.05, 3.63) is 5.82 Å². The Hall–Kier alpha value is -2.69. The second-order valence-electron chi connectivity index (χ2n) is 7.26. The van der Waals surface area contributed by atoms with Gasteiger partial charge < -0.3 is 16.0 Å². The molecular weight excluding hydrogens is 436 g/mol. The molecule has 0 aromatic carbocycles. The van der Waals surface area contributed by atoms with E-state index in [0.29, 0.717) is 30.3 Å². The molecule has 0 aliphatic carbocycles. The van der Waals surface area contributed by atoms with Gasteiger partial charge in [0.1, 0.15) is 12.6 Å². The number of rotatable bonds is 11. The molecule has 2 bridgehead atoms. The van der Waals surface area contributed by atoms with Gasteiger partial charge in [-0.3, -0.25) is 14.1 Å². The first kappa shape index (κ1) is 23.0.